The number of carbonyl (C=O) groups excluding carboxylic acids is 5. The Labute approximate surface area is 456 Å². The lowest BCUT2D eigenvalue weighted by Gasteiger charge is -2.37. The molecule has 2 aliphatic heterocycles. The molecule has 3 aromatic carbocycles. The molecule has 0 saturated carbocycles. The van der Waals surface area contributed by atoms with Crippen molar-refractivity contribution < 1.29 is 37.1 Å². The first-order valence-electron chi connectivity index (χ1n) is 27.1. The largest absolute Gasteiger partial charge is 0.444 e. The lowest BCUT2D eigenvalue weighted by molar-refractivity contribution is -0.141. The van der Waals surface area contributed by atoms with E-state index < -0.39 is 50.7 Å². The number of carbonyl (C=O) groups is 5. The topological polar surface area (TPSA) is 181 Å². The quantitative estimate of drug-likeness (QED) is 0.0930. The van der Waals surface area contributed by atoms with Crippen LogP contribution in [0.5, 0.6) is 0 Å². The zero-order valence-electron chi connectivity index (χ0n) is 48.2. The number of hydrogen-bond donors (Lipinski definition) is 3. The molecule has 6 atom stereocenters. The Morgan fingerprint density at radius 1 is 0.632 bits per heavy atom. The van der Waals surface area contributed by atoms with Gasteiger partial charge >= 0.3 is 6.09 Å². The average Bonchev–Trinajstić information content (AvgIpc) is 4.03. The molecule has 0 unspecified atom stereocenters. The van der Waals surface area contributed by atoms with Crippen LogP contribution in [0.25, 0.3) is 0 Å². The SMILES string of the molecule is C[C@@H](C(=O)N[C@H](C(=O)N1CCC[C@H]1CN(CCc1ccccc1)S(=O)(=O)Cc1ccccc1)C(C)(C)C)N(C)C.C[C@@H](C(=O)N[C@H](C(=O)N1CCC[C@H]1CNCCc1ccccc1)C(C)(C)C)N(C)C(=O)OC(C)(C)C. The Morgan fingerprint density at radius 2 is 1.07 bits per heavy atom. The highest BCUT2D eigenvalue weighted by molar-refractivity contribution is 7.88. The lowest BCUT2D eigenvalue weighted by Crippen LogP contribution is -2.59. The first-order chi connectivity index (χ1) is 35.5. The fourth-order valence-corrected chi connectivity index (χ4v) is 10.8. The zero-order chi connectivity index (χ0) is 56.6. The fourth-order valence-electron chi connectivity index (χ4n) is 9.21. The van der Waals surface area contributed by atoms with Crippen LogP contribution in [-0.2, 0) is 52.5 Å². The summed E-state index contributed by atoms with van der Waals surface area (Å²) in [7, 11) is 1.54. The zero-order valence-corrected chi connectivity index (χ0v) is 49.0. The third kappa shape index (κ3) is 19.6. The molecule has 3 N–H and O–H groups in total. The molecular formula is C59H92N8O8S. The number of nitrogens with one attached hydrogen (secondary N) is 3. The standard InChI is InChI=1S/C31H46N4O4S.C28H46N4O4/c1-24(33(5)6)29(36)32-28(31(2,3)4)30(37)35-20-13-18-27(35)22-34(21-19-25-14-9-7-10-15-25)40(38,39)23-26-16-11-8-12-17-26;1-20(31(8)26(35)36-28(5,6)7)24(33)30-23(27(2,3)4)25(34)32-18-12-15-22(32)19-29-17-16-21-13-10-9-11-14-21/h7-12,14-17,24,27-28H,13,18-23H2,1-6H3,(H,32,36);9-11,13-14,20,22-23,29H,12,15-19H2,1-8H3,(H,30,33)/t24-,27-,28+;20-,22-,23+/m00/s1. The lowest BCUT2D eigenvalue weighted by atomic mass is 9.85. The first-order valence-corrected chi connectivity index (χ1v) is 28.7. The number of hydrogen-bond acceptors (Lipinski definition) is 10. The van der Waals surface area contributed by atoms with Crippen LogP contribution in [0.3, 0.4) is 0 Å². The van der Waals surface area contributed by atoms with Crippen molar-refractivity contribution >= 4 is 39.7 Å². The van der Waals surface area contributed by atoms with Gasteiger partial charge < -0.3 is 30.5 Å². The average molecular weight is 1070 g/mol. The number of nitrogens with zero attached hydrogens (tertiary/aromatic N) is 5. The molecule has 17 heteroatoms. The summed E-state index contributed by atoms with van der Waals surface area (Å²) in [6.45, 7) is 23.8. The Kier molecular flexibility index (Phi) is 23.5. The van der Waals surface area contributed by atoms with E-state index in [-0.39, 0.29) is 54.1 Å². The summed E-state index contributed by atoms with van der Waals surface area (Å²) < 4.78 is 34.4. The number of rotatable bonds is 21. The molecule has 76 heavy (non-hydrogen) atoms. The van der Waals surface area contributed by atoms with Crippen molar-refractivity contribution in [2.45, 2.75) is 162 Å². The van der Waals surface area contributed by atoms with Gasteiger partial charge in [0.2, 0.25) is 33.7 Å². The molecule has 0 radical (unpaired) electrons. The number of ether oxygens (including phenoxy) is 1. The predicted octanol–water partition coefficient (Wildman–Crippen LogP) is 7.13. The van der Waals surface area contributed by atoms with Crippen LogP contribution in [-0.4, -0.2) is 164 Å². The second-order valence-corrected chi connectivity index (χ2v) is 25.9. The van der Waals surface area contributed by atoms with Gasteiger partial charge in [-0.05, 0) is 121 Å². The van der Waals surface area contributed by atoms with Crippen LogP contribution in [0.4, 0.5) is 4.79 Å². The number of benzene rings is 3. The number of amides is 5. The van der Waals surface area contributed by atoms with Crippen LogP contribution in [0.15, 0.2) is 91.0 Å². The van der Waals surface area contributed by atoms with Gasteiger partial charge in [0.25, 0.3) is 0 Å². The van der Waals surface area contributed by atoms with Crippen molar-refractivity contribution in [1.29, 1.82) is 0 Å². The maximum Gasteiger partial charge on any atom is 0.410 e. The summed E-state index contributed by atoms with van der Waals surface area (Å²) >= 11 is 0. The third-order valence-electron chi connectivity index (χ3n) is 14.2. The van der Waals surface area contributed by atoms with Gasteiger partial charge in [-0.15, -0.1) is 0 Å². The minimum atomic E-state index is -3.65. The molecule has 0 aromatic heterocycles. The number of likely N-dealkylation sites (tertiary alicyclic amines) is 2. The van der Waals surface area contributed by atoms with E-state index in [1.54, 1.807) is 48.7 Å². The van der Waals surface area contributed by atoms with Crippen LogP contribution >= 0.6 is 0 Å². The summed E-state index contributed by atoms with van der Waals surface area (Å²) in [6.07, 6.45) is 4.33. The summed E-state index contributed by atoms with van der Waals surface area (Å²) in [6, 6.07) is 26.6. The van der Waals surface area contributed by atoms with Gasteiger partial charge in [-0.2, -0.15) is 4.31 Å². The second-order valence-electron chi connectivity index (χ2n) is 24.0. The summed E-state index contributed by atoms with van der Waals surface area (Å²) in [4.78, 5) is 72.9. The Morgan fingerprint density at radius 3 is 1.53 bits per heavy atom. The highest BCUT2D eigenvalue weighted by Crippen LogP contribution is 2.29. The molecule has 2 heterocycles. The van der Waals surface area contributed by atoms with Crippen molar-refractivity contribution in [2.24, 2.45) is 10.8 Å². The minimum absolute atomic E-state index is 0.0738. The Hall–Kier alpha value is -5.36. The predicted molar refractivity (Wildman–Crippen MR) is 303 cm³/mol. The van der Waals surface area contributed by atoms with E-state index >= 15 is 0 Å². The molecular weight excluding hydrogens is 981 g/mol. The smallest absolute Gasteiger partial charge is 0.410 e. The van der Waals surface area contributed by atoms with Gasteiger partial charge in [-0.1, -0.05) is 133 Å². The Balaban J connectivity index is 0.000000330. The van der Waals surface area contributed by atoms with E-state index in [9.17, 15) is 32.4 Å². The molecule has 5 amide bonds. The van der Waals surface area contributed by atoms with E-state index in [2.05, 4.69) is 28.1 Å². The number of sulfonamides is 1. The van der Waals surface area contributed by atoms with Crippen molar-refractivity contribution in [3.63, 3.8) is 0 Å². The minimum Gasteiger partial charge on any atom is -0.444 e. The van der Waals surface area contributed by atoms with E-state index in [1.807, 2.05) is 139 Å². The van der Waals surface area contributed by atoms with Gasteiger partial charge in [0.1, 0.15) is 23.7 Å². The normalized spacial score (nSPS) is 17.8. The molecule has 3 aromatic rings. The van der Waals surface area contributed by atoms with Gasteiger partial charge in [0.05, 0.1) is 11.8 Å². The van der Waals surface area contributed by atoms with Crippen LogP contribution in [0.2, 0.25) is 0 Å². The second kappa shape index (κ2) is 28.3. The first kappa shape index (κ1) is 63.2. The van der Waals surface area contributed by atoms with E-state index in [4.69, 9.17) is 4.74 Å². The maximum absolute atomic E-state index is 14.0. The maximum atomic E-state index is 14.0. The van der Waals surface area contributed by atoms with E-state index in [0.29, 0.717) is 32.5 Å². The molecule has 5 rings (SSSR count). The Bertz CT molecular complexity index is 2420. The van der Waals surface area contributed by atoms with Crippen molar-refractivity contribution in [1.82, 2.24) is 39.9 Å². The fraction of sp³-hybridized carbons (Fsp3) is 0.610. The summed E-state index contributed by atoms with van der Waals surface area (Å²) in [5.41, 5.74) is 1.41. The molecule has 2 saturated heterocycles. The molecule has 0 bridgehead atoms. The van der Waals surface area contributed by atoms with E-state index in [0.717, 1.165) is 49.9 Å². The van der Waals surface area contributed by atoms with Crippen molar-refractivity contribution in [3.05, 3.63) is 108 Å². The molecule has 0 aliphatic carbocycles. The monoisotopic (exact) mass is 1070 g/mol. The van der Waals surface area contributed by atoms with Crippen molar-refractivity contribution in [2.75, 3.05) is 60.4 Å². The molecule has 16 nitrogen and oxygen atoms in total. The highest BCUT2D eigenvalue weighted by Gasteiger charge is 2.43. The van der Waals surface area contributed by atoms with Crippen molar-refractivity contribution in [3.8, 4) is 0 Å². The van der Waals surface area contributed by atoms with Crippen LogP contribution in [0.1, 0.15) is 119 Å². The molecule has 0 spiro atoms. The molecule has 2 aliphatic rings. The highest BCUT2D eigenvalue weighted by atomic mass is 32.2. The van der Waals surface area contributed by atoms with Gasteiger partial charge in [-0.3, -0.25) is 29.0 Å². The molecule has 422 valence electrons. The van der Waals surface area contributed by atoms with Crippen LogP contribution < -0.4 is 16.0 Å². The van der Waals surface area contributed by atoms with Gasteiger partial charge in [0.15, 0.2) is 0 Å². The third-order valence-corrected chi connectivity index (χ3v) is 16.0. The summed E-state index contributed by atoms with van der Waals surface area (Å²) in [5.74, 6) is -0.905. The molecule has 2 fully saturated rings. The van der Waals surface area contributed by atoms with Crippen LogP contribution in [0, 0.1) is 10.8 Å². The van der Waals surface area contributed by atoms with Gasteiger partial charge in [0, 0.05) is 51.9 Å². The number of likely N-dealkylation sites (N-methyl/N-ethyl adjacent to an activating group) is 2. The van der Waals surface area contributed by atoms with Gasteiger partial charge in [-0.25, -0.2) is 13.2 Å². The van der Waals surface area contributed by atoms with E-state index in [1.165, 1.54) is 17.5 Å². The summed E-state index contributed by atoms with van der Waals surface area (Å²) in [5, 5.41) is 9.44.